The summed E-state index contributed by atoms with van der Waals surface area (Å²) in [6.45, 7) is 2.91. The van der Waals surface area contributed by atoms with Crippen LogP contribution in [0.15, 0.2) is 18.2 Å². The Hall–Kier alpha value is -1.42. The van der Waals surface area contributed by atoms with Gasteiger partial charge in [0.05, 0.1) is 12.6 Å². The molecule has 1 aromatic rings. The van der Waals surface area contributed by atoms with Crippen LogP contribution in [0.25, 0.3) is 0 Å². The van der Waals surface area contributed by atoms with E-state index in [1.165, 1.54) is 19.2 Å². The number of rotatable bonds is 5. The Morgan fingerprint density at radius 1 is 1.53 bits per heavy atom. The van der Waals surface area contributed by atoms with Crippen LogP contribution in [-0.4, -0.2) is 25.0 Å². The van der Waals surface area contributed by atoms with Crippen molar-refractivity contribution < 1.29 is 13.9 Å². The number of ketones is 1. The molecule has 1 aliphatic rings. The predicted molar refractivity (Wildman–Crippen MR) is 72.2 cm³/mol. The molecule has 1 N–H and O–H groups in total. The van der Waals surface area contributed by atoms with Gasteiger partial charge < -0.3 is 10.1 Å². The second-order valence-corrected chi connectivity index (χ2v) is 5.04. The summed E-state index contributed by atoms with van der Waals surface area (Å²) in [5, 5.41) is 3.31. The molecule has 1 aliphatic heterocycles. The van der Waals surface area contributed by atoms with E-state index >= 15 is 0 Å². The highest BCUT2D eigenvalue weighted by atomic mass is 19.1. The second kappa shape index (κ2) is 5.70. The molecule has 1 fully saturated rings. The first-order chi connectivity index (χ1) is 9.13. The first-order valence-corrected chi connectivity index (χ1v) is 6.76. The maximum Gasteiger partial charge on any atom is 0.182 e. The number of carbonyl (C=O) groups is 1. The number of Topliss-reactive ketones (excluding diaryl/α,β-unsaturated/α-hetero) is 1. The summed E-state index contributed by atoms with van der Waals surface area (Å²) >= 11 is 0. The maximum absolute atomic E-state index is 13.7. The number of carbonyl (C=O) groups excluding carboxylic acids is 1. The van der Waals surface area contributed by atoms with Crippen LogP contribution in [0.1, 0.15) is 43.0 Å². The van der Waals surface area contributed by atoms with Gasteiger partial charge in [0.25, 0.3) is 0 Å². The Morgan fingerprint density at radius 3 is 2.84 bits per heavy atom. The van der Waals surface area contributed by atoms with E-state index in [1.54, 1.807) is 6.07 Å². The quantitative estimate of drug-likeness (QED) is 0.832. The van der Waals surface area contributed by atoms with Crippen molar-refractivity contribution >= 4 is 5.78 Å². The zero-order valence-electron chi connectivity index (χ0n) is 11.5. The van der Waals surface area contributed by atoms with Crippen molar-refractivity contribution in [1.82, 2.24) is 5.32 Å². The molecule has 0 saturated carbocycles. The lowest BCUT2D eigenvalue weighted by atomic mass is 9.84. The third-order valence-electron chi connectivity index (χ3n) is 3.77. The molecular formula is C15H20FNO2. The molecule has 0 bridgehead atoms. The van der Waals surface area contributed by atoms with Crippen molar-refractivity contribution in [3.05, 3.63) is 29.6 Å². The van der Waals surface area contributed by atoms with Gasteiger partial charge in [0.1, 0.15) is 0 Å². The molecule has 0 amide bonds. The van der Waals surface area contributed by atoms with Crippen LogP contribution in [-0.2, 0) is 0 Å². The summed E-state index contributed by atoms with van der Waals surface area (Å²) in [7, 11) is 1.41. The summed E-state index contributed by atoms with van der Waals surface area (Å²) in [5.41, 5.74) is -0.0865. The van der Waals surface area contributed by atoms with Gasteiger partial charge in [-0.1, -0.05) is 13.3 Å². The van der Waals surface area contributed by atoms with Crippen molar-refractivity contribution in [2.75, 3.05) is 13.7 Å². The summed E-state index contributed by atoms with van der Waals surface area (Å²) < 4.78 is 18.6. The van der Waals surface area contributed by atoms with Gasteiger partial charge in [-0.05, 0) is 44.0 Å². The van der Waals surface area contributed by atoms with Gasteiger partial charge in [-0.15, -0.1) is 0 Å². The molecule has 1 unspecified atom stereocenters. The smallest absolute Gasteiger partial charge is 0.182 e. The number of ether oxygens (including phenoxy) is 1. The molecule has 19 heavy (non-hydrogen) atoms. The van der Waals surface area contributed by atoms with E-state index < -0.39 is 11.4 Å². The minimum Gasteiger partial charge on any atom is -0.494 e. The number of benzene rings is 1. The minimum atomic E-state index is -0.504. The molecule has 2 rings (SSSR count). The lowest BCUT2D eigenvalue weighted by molar-refractivity contribution is 0.0857. The Morgan fingerprint density at radius 2 is 2.32 bits per heavy atom. The normalized spacial score (nSPS) is 22.5. The van der Waals surface area contributed by atoms with Crippen LogP contribution in [0, 0.1) is 5.82 Å². The fraction of sp³-hybridized carbons (Fsp3) is 0.533. The molecule has 3 nitrogen and oxygen atoms in total. The second-order valence-electron chi connectivity index (χ2n) is 5.04. The van der Waals surface area contributed by atoms with E-state index in [1.807, 2.05) is 0 Å². The summed E-state index contributed by atoms with van der Waals surface area (Å²) in [6, 6.07) is 4.43. The van der Waals surface area contributed by atoms with Gasteiger partial charge in [-0.2, -0.15) is 0 Å². The van der Waals surface area contributed by atoms with Gasteiger partial charge in [0.2, 0.25) is 0 Å². The molecule has 1 atom stereocenters. The number of hydrogen-bond donors (Lipinski definition) is 1. The lowest BCUT2D eigenvalue weighted by Gasteiger charge is -2.27. The third kappa shape index (κ3) is 2.63. The lowest BCUT2D eigenvalue weighted by Crippen LogP contribution is -2.47. The van der Waals surface area contributed by atoms with Gasteiger partial charge >= 0.3 is 0 Å². The van der Waals surface area contributed by atoms with Crippen LogP contribution in [0.3, 0.4) is 0 Å². The first kappa shape index (κ1) is 14.0. The molecule has 0 radical (unpaired) electrons. The van der Waals surface area contributed by atoms with Gasteiger partial charge in [0.15, 0.2) is 17.3 Å². The summed E-state index contributed by atoms with van der Waals surface area (Å²) in [5.74, 6) is -0.327. The van der Waals surface area contributed by atoms with E-state index in [0.717, 1.165) is 32.2 Å². The van der Waals surface area contributed by atoms with Crippen LogP contribution < -0.4 is 10.1 Å². The molecule has 1 aromatic carbocycles. The Labute approximate surface area is 113 Å². The van der Waals surface area contributed by atoms with Crippen molar-refractivity contribution in [3.63, 3.8) is 0 Å². The van der Waals surface area contributed by atoms with Crippen LogP contribution in [0.5, 0.6) is 5.75 Å². The fourth-order valence-electron chi connectivity index (χ4n) is 2.84. The van der Waals surface area contributed by atoms with Gasteiger partial charge in [-0.3, -0.25) is 4.79 Å². The molecule has 4 heteroatoms. The average Bonchev–Trinajstić information content (AvgIpc) is 2.88. The SMILES string of the molecule is CCCC1(C(=O)c2ccc(OC)c(F)c2)CCCN1. The summed E-state index contributed by atoms with van der Waals surface area (Å²) in [6.07, 6.45) is 3.54. The Kier molecular flexibility index (Phi) is 4.20. The number of halogens is 1. The first-order valence-electron chi connectivity index (χ1n) is 6.76. The highest BCUT2D eigenvalue weighted by molar-refractivity contribution is 6.03. The maximum atomic E-state index is 13.7. The van der Waals surface area contributed by atoms with Gasteiger partial charge in [0, 0.05) is 5.56 Å². The number of nitrogens with one attached hydrogen (secondary N) is 1. The van der Waals surface area contributed by atoms with Crippen LogP contribution in [0.2, 0.25) is 0 Å². The van der Waals surface area contributed by atoms with Crippen molar-refractivity contribution in [1.29, 1.82) is 0 Å². The average molecular weight is 265 g/mol. The van der Waals surface area contributed by atoms with E-state index in [0.29, 0.717) is 5.56 Å². The predicted octanol–water partition coefficient (Wildman–Crippen LogP) is 2.94. The van der Waals surface area contributed by atoms with Crippen molar-refractivity contribution in [2.24, 2.45) is 0 Å². The van der Waals surface area contributed by atoms with Gasteiger partial charge in [-0.25, -0.2) is 4.39 Å². The molecule has 1 heterocycles. The largest absolute Gasteiger partial charge is 0.494 e. The topological polar surface area (TPSA) is 38.3 Å². The number of methoxy groups -OCH3 is 1. The molecule has 0 aliphatic carbocycles. The monoisotopic (exact) mass is 265 g/mol. The zero-order chi connectivity index (χ0) is 13.9. The Balaban J connectivity index is 2.29. The van der Waals surface area contributed by atoms with E-state index in [9.17, 15) is 9.18 Å². The van der Waals surface area contributed by atoms with Crippen molar-refractivity contribution in [3.8, 4) is 5.75 Å². The molecule has 0 aromatic heterocycles. The van der Waals surface area contributed by atoms with E-state index in [2.05, 4.69) is 12.2 Å². The highest BCUT2D eigenvalue weighted by Crippen LogP contribution is 2.30. The third-order valence-corrected chi connectivity index (χ3v) is 3.77. The Bertz CT molecular complexity index is 467. The molecular weight excluding hydrogens is 245 g/mol. The molecule has 104 valence electrons. The standard InChI is InChI=1S/C15H20FNO2/c1-3-7-15(8-4-9-17-15)14(18)11-5-6-13(19-2)12(16)10-11/h5-6,10,17H,3-4,7-9H2,1-2H3. The minimum absolute atomic E-state index is 0.00611. The summed E-state index contributed by atoms with van der Waals surface area (Å²) in [4.78, 5) is 12.6. The molecule has 1 saturated heterocycles. The van der Waals surface area contributed by atoms with E-state index in [-0.39, 0.29) is 11.5 Å². The van der Waals surface area contributed by atoms with Crippen LogP contribution in [0.4, 0.5) is 4.39 Å². The van der Waals surface area contributed by atoms with Crippen molar-refractivity contribution in [2.45, 2.75) is 38.1 Å². The highest BCUT2D eigenvalue weighted by Gasteiger charge is 2.40. The zero-order valence-corrected chi connectivity index (χ0v) is 11.5. The van der Waals surface area contributed by atoms with E-state index in [4.69, 9.17) is 4.74 Å². The number of hydrogen-bond acceptors (Lipinski definition) is 3. The molecule has 0 spiro atoms. The van der Waals surface area contributed by atoms with Crippen LogP contribution >= 0.6 is 0 Å². The fourth-order valence-corrected chi connectivity index (χ4v) is 2.84.